The Labute approximate surface area is 198 Å². The first-order valence-corrected chi connectivity index (χ1v) is 11.2. The highest BCUT2D eigenvalue weighted by atomic mass is 32.1. The van der Waals surface area contributed by atoms with Crippen LogP contribution in [0, 0.1) is 0 Å². The van der Waals surface area contributed by atoms with Crippen molar-refractivity contribution < 1.29 is 27.4 Å². The summed E-state index contributed by atoms with van der Waals surface area (Å²) in [6.07, 6.45) is -5.12. The smallest absolute Gasteiger partial charge is 0.406 e. The third kappa shape index (κ3) is 5.28. The molecular weight excluding hydrogens is 471 g/mol. The van der Waals surface area contributed by atoms with Gasteiger partial charge in [-0.15, -0.1) is 13.2 Å². The number of methoxy groups -OCH3 is 1. The van der Waals surface area contributed by atoms with Crippen LogP contribution in [0.2, 0.25) is 0 Å². The molecule has 2 heterocycles. The van der Waals surface area contributed by atoms with Gasteiger partial charge >= 0.3 is 6.36 Å². The van der Waals surface area contributed by atoms with Crippen LogP contribution in [0.1, 0.15) is 24.2 Å². The minimum Gasteiger partial charge on any atom is -0.406 e. The number of alkyl halides is 3. The summed E-state index contributed by atoms with van der Waals surface area (Å²) in [5, 5.41) is 9.93. The van der Waals surface area contributed by atoms with E-state index in [4.69, 9.17) is 4.74 Å². The summed E-state index contributed by atoms with van der Waals surface area (Å²) in [5.41, 5.74) is 2.23. The largest absolute Gasteiger partial charge is 0.573 e. The predicted molar refractivity (Wildman–Crippen MR) is 126 cm³/mol. The summed E-state index contributed by atoms with van der Waals surface area (Å²) < 4.78 is 47.3. The van der Waals surface area contributed by atoms with Crippen molar-refractivity contribution in [1.29, 1.82) is 0 Å². The van der Waals surface area contributed by atoms with E-state index in [-0.39, 0.29) is 17.9 Å². The molecule has 12 heteroatoms. The maximum absolute atomic E-state index is 12.6. The van der Waals surface area contributed by atoms with E-state index in [2.05, 4.69) is 25.7 Å². The Morgan fingerprint density at radius 2 is 2.00 bits per heavy atom. The number of rotatable bonds is 7. The SMILES string of the molecule is COC(C)(C)CNC(=O)c1ccc2c(c1)NC(Nc1nc3ccc(OC(F)(F)F)cc3s1)N2C. The number of ether oxygens (including phenoxy) is 2. The molecule has 0 bridgehead atoms. The Hall–Kier alpha value is -3.25. The second-order valence-electron chi connectivity index (χ2n) is 8.38. The van der Waals surface area contributed by atoms with Crippen molar-refractivity contribution in [1.82, 2.24) is 10.3 Å². The molecule has 1 aliphatic heterocycles. The maximum atomic E-state index is 12.6. The van der Waals surface area contributed by atoms with Gasteiger partial charge < -0.3 is 30.3 Å². The average Bonchev–Trinajstić information content (AvgIpc) is 3.30. The highest BCUT2D eigenvalue weighted by Crippen LogP contribution is 2.36. The van der Waals surface area contributed by atoms with Crippen molar-refractivity contribution in [2.24, 2.45) is 0 Å². The van der Waals surface area contributed by atoms with Gasteiger partial charge in [-0.1, -0.05) is 11.3 Å². The summed E-state index contributed by atoms with van der Waals surface area (Å²) in [7, 11) is 3.47. The number of nitrogens with zero attached hydrogens (tertiary/aromatic N) is 2. The molecule has 0 saturated heterocycles. The van der Waals surface area contributed by atoms with Gasteiger partial charge in [0.1, 0.15) is 5.75 Å². The van der Waals surface area contributed by atoms with Gasteiger partial charge in [0.05, 0.1) is 27.2 Å². The summed E-state index contributed by atoms with van der Waals surface area (Å²) >= 11 is 1.21. The minimum absolute atomic E-state index is 0.211. The van der Waals surface area contributed by atoms with Gasteiger partial charge in [-0.25, -0.2) is 4.98 Å². The summed E-state index contributed by atoms with van der Waals surface area (Å²) in [5.74, 6) is -0.504. The monoisotopic (exact) mass is 495 g/mol. The molecule has 1 amide bonds. The lowest BCUT2D eigenvalue weighted by atomic mass is 10.1. The first kappa shape index (κ1) is 23.9. The van der Waals surface area contributed by atoms with Crippen molar-refractivity contribution >= 4 is 44.0 Å². The number of amides is 1. The first-order chi connectivity index (χ1) is 15.9. The van der Waals surface area contributed by atoms with Crippen LogP contribution in [0.15, 0.2) is 36.4 Å². The van der Waals surface area contributed by atoms with Crippen LogP contribution in [-0.4, -0.2) is 49.8 Å². The van der Waals surface area contributed by atoms with E-state index in [0.717, 1.165) is 11.4 Å². The Kier molecular flexibility index (Phi) is 6.21. The number of benzene rings is 2. The van der Waals surface area contributed by atoms with Crippen molar-refractivity contribution in [3.8, 4) is 5.75 Å². The maximum Gasteiger partial charge on any atom is 0.573 e. The fourth-order valence-electron chi connectivity index (χ4n) is 3.36. The zero-order valence-electron chi connectivity index (χ0n) is 18.9. The number of anilines is 3. The third-order valence-corrected chi connectivity index (χ3v) is 6.35. The van der Waals surface area contributed by atoms with Crippen LogP contribution in [0.3, 0.4) is 0 Å². The number of thiazole rings is 1. The summed E-state index contributed by atoms with van der Waals surface area (Å²) in [6, 6.07) is 9.38. The molecule has 2 aromatic carbocycles. The highest BCUT2D eigenvalue weighted by Gasteiger charge is 2.31. The highest BCUT2D eigenvalue weighted by molar-refractivity contribution is 7.22. The molecule has 3 N–H and O–H groups in total. The molecule has 8 nitrogen and oxygen atoms in total. The molecular formula is C22H24F3N5O3S. The molecule has 0 aliphatic carbocycles. The third-order valence-electron chi connectivity index (χ3n) is 5.40. The zero-order valence-corrected chi connectivity index (χ0v) is 19.7. The molecule has 3 aromatic rings. The van der Waals surface area contributed by atoms with Gasteiger partial charge in [-0.05, 0) is 44.2 Å². The lowest BCUT2D eigenvalue weighted by Crippen LogP contribution is -2.39. The standard InChI is InChI=1S/C22H24F3N5O3S/c1-21(2,32-4)11-26-18(31)12-5-8-16-15(9-12)27-19(30(16)3)29-20-28-14-7-6-13(10-17(14)34-20)33-22(23,24)25/h5-10,19,27H,11H2,1-4H3,(H,26,31)(H,28,29). The Balaban J connectivity index is 1.45. The fourth-order valence-corrected chi connectivity index (χ4v) is 4.28. The molecule has 0 radical (unpaired) electrons. The number of fused-ring (bicyclic) bond motifs is 2. The molecule has 182 valence electrons. The van der Waals surface area contributed by atoms with E-state index in [1.807, 2.05) is 31.9 Å². The van der Waals surface area contributed by atoms with Gasteiger partial charge in [0.25, 0.3) is 5.91 Å². The van der Waals surface area contributed by atoms with E-state index >= 15 is 0 Å². The molecule has 0 fully saturated rings. The molecule has 34 heavy (non-hydrogen) atoms. The lowest BCUT2D eigenvalue weighted by molar-refractivity contribution is -0.274. The molecule has 4 rings (SSSR count). The van der Waals surface area contributed by atoms with Gasteiger partial charge in [0.15, 0.2) is 11.4 Å². The van der Waals surface area contributed by atoms with Gasteiger partial charge in [0, 0.05) is 32.3 Å². The predicted octanol–water partition coefficient (Wildman–Crippen LogP) is 4.61. The first-order valence-electron chi connectivity index (χ1n) is 10.3. The number of hydrogen-bond acceptors (Lipinski definition) is 8. The second-order valence-corrected chi connectivity index (χ2v) is 9.41. The molecule has 1 atom stereocenters. The molecule has 0 saturated carbocycles. The Morgan fingerprint density at radius 3 is 2.71 bits per heavy atom. The van der Waals surface area contributed by atoms with Crippen molar-refractivity contribution in [3.05, 3.63) is 42.0 Å². The topological polar surface area (TPSA) is 87.8 Å². The van der Waals surface area contributed by atoms with Crippen molar-refractivity contribution in [2.45, 2.75) is 32.1 Å². The fraction of sp³-hybridized carbons (Fsp3) is 0.364. The van der Waals surface area contributed by atoms with Crippen molar-refractivity contribution in [3.63, 3.8) is 0 Å². The zero-order chi connectivity index (χ0) is 24.7. The van der Waals surface area contributed by atoms with E-state index < -0.39 is 12.0 Å². The van der Waals surface area contributed by atoms with Gasteiger partial charge in [-0.3, -0.25) is 4.79 Å². The average molecular weight is 496 g/mol. The number of carbonyl (C=O) groups excluding carboxylic acids is 1. The summed E-state index contributed by atoms with van der Waals surface area (Å²) in [4.78, 5) is 18.9. The number of halogens is 3. The van der Waals surface area contributed by atoms with Crippen LogP contribution < -0.4 is 25.6 Å². The Bertz CT molecular complexity index is 1210. The van der Waals surface area contributed by atoms with Crippen LogP contribution in [0.25, 0.3) is 10.2 Å². The van der Waals surface area contributed by atoms with Gasteiger partial charge in [-0.2, -0.15) is 0 Å². The van der Waals surface area contributed by atoms with Crippen LogP contribution in [-0.2, 0) is 4.74 Å². The molecule has 1 aliphatic rings. The van der Waals surface area contributed by atoms with Crippen molar-refractivity contribution in [2.75, 3.05) is 36.2 Å². The Morgan fingerprint density at radius 1 is 1.24 bits per heavy atom. The van der Waals surface area contributed by atoms with E-state index in [0.29, 0.717) is 27.5 Å². The van der Waals surface area contributed by atoms with E-state index in [1.54, 1.807) is 19.2 Å². The number of nitrogens with one attached hydrogen (secondary N) is 3. The quantitative estimate of drug-likeness (QED) is 0.441. The van der Waals surface area contributed by atoms with Gasteiger partial charge in [0.2, 0.25) is 0 Å². The van der Waals surface area contributed by atoms with E-state index in [9.17, 15) is 18.0 Å². The lowest BCUT2D eigenvalue weighted by Gasteiger charge is -2.23. The van der Waals surface area contributed by atoms with Crippen LogP contribution in [0.5, 0.6) is 5.75 Å². The molecule has 1 aromatic heterocycles. The number of hydrogen-bond donors (Lipinski definition) is 3. The normalized spacial score (nSPS) is 15.7. The van der Waals surface area contributed by atoms with Crippen LogP contribution in [0.4, 0.5) is 29.7 Å². The molecule has 0 spiro atoms. The number of aromatic nitrogens is 1. The minimum atomic E-state index is -4.75. The molecule has 1 unspecified atom stereocenters. The van der Waals surface area contributed by atoms with Crippen LogP contribution >= 0.6 is 11.3 Å². The van der Waals surface area contributed by atoms with E-state index in [1.165, 1.54) is 29.5 Å². The second kappa shape index (κ2) is 8.84. The number of carbonyl (C=O) groups is 1. The summed E-state index contributed by atoms with van der Waals surface area (Å²) in [6.45, 7) is 4.13.